The molecule has 0 bridgehead atoms. The van der Waals surface area contributed by atoms with Gasteiger partial charge in [-0.2, -0.15) is 0 Å². The average molecular weight is 230 g/mol. The lowest BCUT2D eigenvalue weighted by Crippen LogP contribution is -2.57. The summed E-state index contributed by atoms with van der Waals surface area (Å²) in [6.45, 7) is 3.91. The number of aliphatic hydroxyl groups excluding tert-OH is 1. The second kappa shape index (κ2) is 6.70. The highest BCUT2D eigenvalue weighted by Crippen LogP contribution is 2.19. The first-order valence-corrected chi connectivity index (χ1v) is 5.97. The molecule has 1 fully saturated rings. The number of aliphatic hydroxyl groups is 1. The van der Waals surface area contributed by atoms with Crippen LogP contribution in [0, 0.1) is 0 Å². The first-order valence-electron chi connectivity index (χ1n) is 5.97. The zero-order chi connectivity index (χ0) is 11.9. The topological polar surface area (TPSA) is 70.6 Å². The van der Waals surface area contributed by atoms with Crippen LogP contribution in [0.3, 0.4) is 0 Å². The van der Waals surface area contributed by atoms with Crippen molar-refractivity contribution in [1.82, 2.24) is 10.6 Å². The first-order chi connectivity index (χ1) is 7.72. The fourth-order valence-corrected chi connectivity index (χ4v) is 1.75. The Labute approximate surface area is 96.6 Å². The summed E-state index contributed by atoms with van der Waals surface area (Å²) in [6.07, 6.45) is 3.37. The highest BCUT2D eigenvalue weighted by atomic mass is 16.5. The van der Waals surface area contributed by atoms with Crippen LogP contribution in [-0.2, 0) is 4.74 Å². The van der Waals surface area contributed by atoms with Crippen LogP contribution in [-0.4, -0.2) is 43.0 Å². The van der Waals surface area contributed by atoms with Crippen LogP contribution in [0.5, 0.6) is 0 Å². The zero-order valence-corrected chi connectivity index (χ0v) is 9.92. The van der Waals surface area contributed by atoms with Crippen LogP contribution in [0.25, 0.3) is 0 Å². The van der Waals surface area contributed by atoms with Gasteiger partial charge in [0.2, 0.25) is 0 Å². The fourth-order valence-electron chi connectivity index (χ4n) is 1.75. The van der Waals surface area contributed by atoms with E-state index < -0.39 is 5.54 Å². The van der Waals surface area contributed by atoms with Crippen molar-refractivity contribution in [3.63, 3.8) is 0 Å². The maximum atomic E-state index is 11.6. The second-order valence-corrected chi connectivity index (χ2v) is 4.29. The number of unbranched alkanes of at least 4 members (excludes halogenated alkanes) is 1. The van der Waals surface area contributed by atoms with Crippen molar-refractivity contribution in [2.45, 2.75) is 38.1 Å². The molecule has 94 valence electrons. The lowest BCUT2D eigenvalue weighted by atomic mass is 9.91. The van der Waals surface area contributed by atoms with Gasteiger partial charge in [-0.15, -0.1) is 0 Å². The Morgan fingerprint density at radius 3 is 2.69 bits per heavy atom. The van der Waals surface area contributed by atoms with Crippen molar-refractivity contribution in [2.75, 3.05) is 26.4 Å². The highest BCUT2D eigenvalue weighted by molar-refractivity contribution is 5.74. The van der Waals surface area contributed by atoms with E-state index in [0.29, 0.717) is 32.6 Å². The predicted molar refractivity (Wildman–Crippen MR) is 61.3 cm³/mol. The molecular weight excluding hydrogens is 208 g/mol. The summed E-state index contributed by atoms with van der Waals surface area (Å²) in [5.74, 6) is 0. The Balaban J connectivity index is 2.33. The molecule has 1 heterocycles. The molecule has 0 atom stereocenters. The Morgan fingerprint density at radius 1 is 1.44 bits per heavy atom. The minimum Gasteiger partial charge on any atom is -0.394 e. The van der Waals surface area contributed by atoms with E-state index in [9.17, 15) is 9.90 Å². The second-order valence-electron chi connectivity index (χ2n) is 4.29. The van der Waals surface area contributed by atoms with Gasteiger partial charge in [-0.25, -0.2) is 4.79 Å². The molecule has 3 N–H and O–H groups in total. The summed E-state index contributed by atoms with van der Waals surface area (Å²) in [4.78, 5) is 11.6. The number of nitrogens with one attached hydrogen (secondary N) is 2. The summed E-state index contributed by atoms with van der Waals surface area (Å²) in [5.41, 5.74) is -0.492. The van der Waals surface area contributed by atoms with Crippen molar-refractivity contribution >= 4 is 6.03 Å². The number of hydrogen-bond donors (Lipinski definition) is 3. The molecule has 0 radical (unpaired) electrons. The van der Waals surface area contributed by atoms with Gasteiger partial charge in [0.1, 0.15) is 0 Å². The van der Waals surface area contributed by atoms with Crippen LogP contribution in [0.2, 0.25) is 0 Å². The van der Waals surface area contributed by atoms with Crippen LogP contribution in [0.4, 0.5) is 4.79 Å². The van der Waals surface area contributed by atoms with Gasteiger partial charge >= 0.3 is 6.03 Å². The van der Waals surface area contributed by atoms with E-state index >= 15 is 0 Å². The molecule has 1 aliphatic rings. The predicted octanol–water partition coefficient (Wildman–Crippen LogP) is 0.627. The van der Waals surface area contributed by atoms with Gasteiger partial charge in [0.25, 0.3) is 0 Å². The van der Waals surface area contributed by atoms with Crippen molar-refractivity contribution in [3.05, 3.63) is 0 Å². The Morgan fingerprint density at radius 2 is 2.12 bits per heavy atom. The Bertz CT molecular complexity index is 215. The molecule has 0 aromatic heterocycles. The van der Waals surface area contributed by atoms with Crippen molar-refractivity contribution in [1.29, 1.82) is 0 Å². The standard InChI is InChI=1S/C11H22N2O3/c1-2-3-6-12-10(15)13-11(9-14)4-7-16-8-5-11/h14H,2-9H2,1H3,(H2,12,13,15). The van der Waals surface area contributed by atoms with Gasteiger partial charge in [-0.1, -0.05) is 13.3 Å². The van der Waals surface area contributed by atoms with E-state index in [0.717, 1.165) is 12.8 Å². The molecule has 0 unspecified atom stereocenters. The molecule has 2 amide bonds. The number of urea groups is 1. The van der Waals surface area contributed by atoms with Gasteiger partial charge in [0.05, 0.1) is 12.1 Å². The van der Waals surface area contributed by atoms with Gasteiger partial charge in [0.15, 0.2) is 0 Å². The molecule has 0 aliphatic carbocycles. The first kappa shape index (κ1) is 13.3. The van der Waals surface area contributed by atoms with Crippen molar-refractivity contribution in [3.8, 4) is 0 Å². The molecule has 0 aromatic carbocycles. The minimum absolute atomic E-state index is 0.0302. The van der Waals surface area contributed by atoms with Crippen LogP contribution in [0.15, 0.2) is 0 Å². The third-order valence-corrected chi connectivity index (χ3v) is 2.95. The molecule has 1 rings (SSSR count). The monoisotopic (exact) mass is 230 g/mol. The number of rotatable bonds is 5. The van der Waals surface area contributed by atoms with E-state index in [1.807, 2.05) is 0 Å². The maximum Gasteiger partial charge on any atom is 0.315 e. The molecular formula is C11H22N2O3. The molecule has 1 saturated heterocycles. The number of carbonyl (C=O) groups is 1. The lowest BCUT2D eigenvalue weighted by molar-refractivity contribution is 0.0171. The largest absolute Gasteiger partial charge is 0.394 e. The summed E-state index contributed by atoms with van der Waals surface area (Å²) in [5, 5.41) is 15.0. The number of hydrogen-bond acceptors (Lipinski definition) is 3. The quantitative estimate of drug-likeness (QED) is 0.607. The summed E-state index contributed by atoms with van der Waals surface area (Å²) >= 11 is 0. The van der Waals surface area contributed by atoms with E-state index in [1.54, 1.807) is 0 Å². The highest BCUT2D eigenvalue weighted by Gasteiger charge is 2.33. The summed E-state index contributed by atoms with van der Waals surface area (Å²) in [6, 6.07) is -0.190. The van der Waals surface area contributed by atoms with Crippen LogP contribution < -0.4 is 10.6 Å². The number of ether oxygens (including phenoxy) is 1. The molecule has 0 spiro atoms. The molecule has 5 heteroatoms. The van der Waals surface area contributed by atoms with E-state index in [4.69, 9.17) is 4.74 Å². The lowest BCUT2D eigenvalue weighted by Gasteiger charge is -2.36. The van der Waals surface area contributed by atoms with Gasteiger partial charge in [-0.05, 0) is 19.3 Å². The maximum absolute atomic E-state index is 11.6. The summed E-state index contributed by atoms with van der Waals surface area (Å²) < 4.78 is 5.22. The molecule has 0 aromatic rings. The molecule has 1 aliphatic heterocycles. The third-order valence-electron chi connectivity index (χ3n) is 2.95. The average Bonchev–Trinajstić information content (AvgIpc) is 2.30. The summed E-state index contributed by atoms with van der Waals surface area (Å²) in [7, 11) is 0. The smallest absolute Gasteiger partial charge is 0.315 e. The third kappa shape index (κ3) is 3.98. The van der Waals surface area contributed by atoms with E-state index in [2.05, 4.69) is 17.6 Å². The van der Waals surface area contributed by atoms with Gasteiger partial charge < -0.3 is 20.5 Å². The zero-order valence-electron chi connectivity index (χ0n) is 9.92. The fraction of sp³-hybridized carbons (Fsp3) is 0.909. The number of carbonyl (C=O) groups excluding carboxylic acids is 1. The van der Waals surface area contributed by atoms with Crippen LogP contribution >= 0.6 is 0 Å². The molecule has 16 heavy (non-hydrogen) atoms. The van der Waals surface area contributed by atoms with E-state index in [-0.39, 0.29) is 12.6 Å². The molecule has 0 saturated carbocycles. The molecule has 5 nitrogen and oxygen atoms in total. The van der Waals surface area contributed by atoms with Crippen molar-refractivity contribution < 1.29 is 14.6 Å². The van der Waals surface area contributed by atoms with Crippen molar-refractivity contribution in [2.24, 2.45) is 0 Å². The minimum atomic E-state index is -0.492. The van der Waals surface area contributed by atoms with Gasteiger partial charge in [-0.3, -0.25) is 0 Å². The Hall–Kier alpha value is -0.810. The Kier molecular flexibility index (Phi) is 5.55. The van der Waals surface area contributed by atoms with E-state index in [1.165, 1.54) is 0 Å². The number of amides is 2. The normalized spacial score (nSPS) is 19.1. The van der Waals surface area contributed by atoms with Crippen LogP contribution in [0.1, 0.15) is 32.6 Å². The SMILES string of the molecule is CCCCNC(=O)NC1(CO)CCOCC1. The van der Waals surface area contributed by atoms with Gasteiger partial charge in [0, 0.05) is 19.8 Å².